The van der Waals surface area contributed by atoms with Gasteiger partial charge in [0.25, 0.3) is 0 Å². The number of nitrogens with one attached hydrogen (secondary N) is 3. The number of anilines is 1. The van der Waals surface area contributed by atoms with Crippen LogP contribution in [0.15, 0.2) is 48.1 Å². The summed E-state index contributed by atoms with van der Waals surface area (Å²) in [5.74, 6) is -0.941. The number of amides is 1. The zero-order valence-corrected chi connectivity index (χ0v) is 27.8. The van der Waals surface area contributed by atoms with Gasteiger partial charge in [0.2, 0.25) is 15.9 Å². The van der Waals surface area contributed by atoms with E-state index >= 15 is 4.39 Å². The molecular formula is C31H34FN7O7S2. The highest BCUT2D eigenvalue weighted by Gasteiger charge is 2.36. The maximum atomic E-state index is 15.1. The number of fused-ring (bicyclic) bond motifs is 1. The van der Waals surface area contributed by atoms with Crippen molar-refractivity contribution < 1.29 is 36.6 Å². The van der Waals surface area contributed by atoms with Gasteiger partial charge in [-0.1, -0.05) is 5.21 Å². The molecule has 2 aromatic carbocycles. The van der Waals surface area contributed by atoms with Crippen LogP contribution in [0.5, 0.6) is 17.2 Å². The van der Waals surface area contributed by atoms with Crippen LogP contribution < -0.4 is 24.8 Å². The van der Waals surface area contributed by atoms with Crippen molar-refractivity contribution in [2.45, 2.75) is 57.3 Å². The van der Waals surface area contributed by atoms with Gasteiger partial charge in [-0.15, -0.1) is 16.4 Å². The van der Waals surface area contributed by atoms with Crippen LogP contribution in [0.4, 0.5) is 9.52 Å². The summed E-state index contributed by atoms with van der Waals surface area (Å²) in [4.78, 5) is 29.5. The molecule has 254 valence electrons. The van der Waals surface area contributed by atoms with E-state index in [4.69, 9.17) is 14.2 Å². The Morgan fingerprint density at radius 1 is 1.21 bits per heavy atom. The van der Waals surface area contributed by atoms with Gasteiger partial charge in [-0.05, 0) is 61.6 Å². The lowest BCUT2D eigenvalue weighted by Gasteiger charge is -2.37. The van der Waals surface area contributed by atoms with E-state index in [1.165, 1.54) is 28.2 Å². The van der Waals surface area contributed by atoms with Crippen molar-refractivity contribution >= 4 is 38.4 Å². The molecular weight excluding hydrogens is 666 g/mol. The molecule has 4 aromatic rings. The van der Waals surface area contributed by atoms with Crippen LogP contribution in [-0.2, 0) is 44.6 Å². The minimum Gasteiger partial charge on any atom is -0.488 e. The fraction of sp³-hybridized carbons (Fsp3) is 0.387. The smallest absolute Gasteiger partial charge is 0.341 e. The van der Waals surface area contributed by atoms with E-state index in [1.807, 2.05) is 13.0 Å². The Hall–Kier alpha value is -4.45. The van der Waals surface area contributed by atoms with Gasteiger partial charge in [0, 0.05) is 42.3 Å². The molecule has 14 nitrogen and oxygen atoms in total. The first-order valence-corrected chi connectivity index (χ1v) is 18.0. The fourth-order valence-electron chi connectivity index (χ4n) is 5.25. The first kappa shape index (κ1) is 33.5. The highest BCUT2D eigenvalue weighted by Crippen LogP contribution is 2.41. The number of aromatic nitrogens is 4. The van der Waals surface area contributed by atoms with Gasteiger partial charge < -0.3 is 24.8 Å². The van der Waals surface area contributed by atoms with Crippen molar-refractivity contribution in [3.8, 4) is 17.2 Å². The summed E-state index contributed by atoms with van der Waals surface area (Å²) in [5, 5.41) is 16.6. The zero-order chi connectivity index (χ0) is 33.9. The van der Waals surface area contributed by atoms with Crippen LogP contribution in [0.2, 0.25) is 0 Å². The first-order chi connectivity index (χ1) is 22.9. The van der Waals surface area contributed by atoms with Gasteiger partial charge in [-0.3, -0.25) is 4.79 Å². The van der Waals surface area contributed by atoms with Crippen molar-refractivity contribution in [3.05, 3.63) is 76.3 Å². The lowest BCUT2D eigenvalue weighted by Crippen LogP contribution is -2.47. The average Bonchev–Trinajstić information content (AvgIpc) is 3.47. The molecule has 48 heavy (non-hydrogen) atoms. The zero-order valence-electron chi connectivity index (χ0n) is 26.2. The van der Waals surface area contributed by atoms with E-state index in [-0.39, 0.29) is 55.2 Å². The van der Waals surface area contributed by atoms with E-state index in [0.717, 1.165) is 36.3 Å². The molecule has 0 radical (unpaired) electrons. The summed E-state index contributed by atoms with van der Waals surface area (Å²) >= 11 is 1.33. The highest BCUT2D eigenvalue weighted by atomic mass is 32.2. The minimum absolute atomic E-state index is 0.00478. The fourth-order valence-corrected chi connectivity index (χ4v) is 6.20. The van der Waals surface area contributed by atoms with Gasteiger partial charge in [-0.25, -0.2) is 32.0 Å². The topological polar surface area (TPSA) is 176 Å². The molecule has 1 saturated carbocycles. The largest absolute Gasteiger partial charge is 0.488 e. The van der Waals surface area contributed by atoms with E-state index in [1.54, 1.807) is 23.8 Å². The maximum Gasteiger partial charge on any atom is 0.341 e. The predicted octanol–water partition coefficient (Wildman–Crippen LogP) is 3.50. The van der Waals surface area contributed by atoms with E-state index < -0.39 is 27.3 Å². The number of halogens is 1. The molecule has 1 atom stereocenters. The molecule has 2 aromatic heterocycles. The minimum atomic E-state index is -3.38. The lowest BCUT2D eigenvalue weighted by molar-refractivity contribution is -0.117. The second-order valence-corrected chi connectivity index (χ2v) is 14.5. The summed E-state index contributed by atoms with van der Waals surface area (Å²) in [6, 6.07) is 7.56. The molecule has 1 amide bonds. The standard InChI is InChI=1S/C31H34FN7O7S2/c1-31(16-28(40)36-30-33-9-12-47-30)24-15-27(45-22-5-6-23(25(32)14-22)29(41)46-21-3-4-21)26(13-19(24)7-8-34-31)44-11-10-39-18-20(37-38-39)17-35-48(2,42)43/h5-6,9,12-15,18,21,34-35H,3-4,7-8,10-11,16-17H2,1-2H3,(H,33,36,40)/t31-/m1/s1. The van der Waals surface area contributed by atoms with Gasteiger partial charge in [0.15, 0.2) is 16.6 Å². The highest BCUT2D eigenvalue weighted by molar-refractivity contribution is 7.88. The monoisotopic (exact) mass is 699 g/mol. The number of benzene rings is 2. The molecule has 0 unspecified atom stereocenters. The number of hydrogen-bond acceptors (Lipinski definition) is 12. The van der Waals surface area contributed by atoms with Crippen LogP contribution in [0.1, 0.15) is 53.4 Å². The third kappa shape index (κ3) is 8.52. The molecule has 1 aliphatic heterocycles. The van der Waals surface area contributed by atoms with Gasteiger partial charge in [-0.2, -0.15) is 0 Å². The molecule has 17 heteroatoms. The molecule has 3 N–H and O–H groups in total. The Balaban J connectivity index is 1.23. The van der Waals surface area contributed by atoms with Crippen molar-refractivity contribution in [1.82, 2.24) is 30.0 Å². The number of carbonyl (C=O) groups is 2. The summed E-state index contributed by atoms with van der Waals surface area (Å²) in [5.41, 5.74) is 1.24. The third-order valence-electron chi connectivity index (χ3n) is 7.73. The molecule has 0 bridgehead atoms. The Morgan fingerprint density at radius 2 is 2.04 bits per heavy atom. The van der Waals surface area contributed by atoms with Gasteiger partial charge in [0.1, 0.15) is 24.3 Å². The van der Waals surface area contributed by atoms with Crippen molar-refractivity contribution in [3.63, 3.8) is 0 Å². The average molecular weight is 700 g/mol. The number of rotatable bonds is 14. The second-order valence-electron chi connectivity index (χ2n) is 11.8. The van der Waals surface area contributed by atoms with E-state index in [2.05, 4.69) is 30.7 Å². The predicted molar refractivity (Wildman–Crippen MR) is 173 cm³/mol. The molecule has 1 aliphatic carbocycles. The van der Waals surface area contributed by atoms with Gasteiger partial charge in [0.05, 0.1) is 30.6 Å². The Bertz CT molecular complexity index is 1920. The Morgan fingerprint density at radius 3 is 2.77 bits per heavy atom. The Labute approximate surface area is 280 Å². The van der Waals surface area contributed by atoms with Crippen molar-refractivity contribution in [2.24, 2.45) is 0 Å². The van der Waals surface area contributed by atoms with Crippen LogP contribution in [0, 0.1) is 5.82 Å². The number of nitrogens with zero attached hydrogens (tertiary/aromatic N) is 4. The summed E-state index contributed by atoms with van der Waals surface area (Å²) in [6.07, 6.45) is 6.43. The third-order valence-corrected chi connectivity index (χ3v) is 9.09. The van der Waals surface area contributed by atoms with Crippen molar-refractivity contribution in [1.29, 1.82) is 0 Å². The SMILES string of the molecule is C[C@]1(CC(=O)Nc2nccs2)NCCc2cc(OCCn3cc(CNS(C)(=O)=O)nn3)c(Oc3ccc(C(=O)OC4CC4)c(F)c3)cc21. The summed E-state index contributed by atoms with van der Waals surface area (Å²) in [7, 11) is -3.38. The van der Waals surface area contributed by atoms with E-state index in [9.17, 15) is 18.0 Å². The molecule has 6 rings (SSSR count). The lowest BCUT2D eigenvalue weighted by atomic mass is 9.81. The molecule has 3 heterocycles. The number of thiazole rings is 1. The summed E-state index contributed by atoms with van der Waals surface area (Å²) < 4.78 is 59.3. The van der Waals surface area contributed by atoms with Crippen LogP contribution in [0.3, 0.4) is 0 Å². The summed E-state index contributed by atoms with van der Waals surface area (Å²) in [6.45, 7) is 2.97. The number of hydrogen-bond donors (Lipinski definition) is 3. The van der Waals surface area contributed by atoms with Crippen LogP contribution in [0.25, 0.3) is 0 Å². The number of esters is 1. The first-order valence-electron chi connectivity index (χ1n) is 15.2. The van der Waals surface area contributed by atoms with Gasteiger partial charge >= 0.3 is 5.97 Å². The quantitative estimate of drug-likeness (QED) is 0.164. The normalized spacial score (nSPS) is 17.4. The molecule has 0 spiro atoms. The number of carbonyl (C=O) groups excluding carboxylic acids is 2. The molecule has 0 saturated heterocycles. The Kier molecular flexibility index (Phi) is 9.73. The molecule has 2 aliphatic rings. The molecule has 1 fully saturated rings. The number of sulfonamides is 1. The van der Waals surface area contributed by atoms with E-state index in [0.29, 0.717) is 29.5 Å². The van der Waals surface area contributed by atoms with Crippen molar-refractivity contribution in [2.75, 3.05) is 24.7 Å². The maximum absolute atomic E-state index is 15.1. The van der Waals surface area contributed by atoms with Crippen LogP contribution >= 0.6 is 11.3 Å². The second kappa shape index (κ2) is 14.0. The van der Waals surface area contributed by atoms with Crippen LogP contribution in [-0.4, -0.2) is 65.8 Å². The number of ether oxygens (including phenoxy) is 3.